The molecular formula is C18H20N4O4. The largest absolute Gasteiger partial charge is 0.469 e. The van der Waals surface area contributed by atoms with E-state index in [1.54, 1.807) is 0 Å². The van der Waals surface area contributed by atoms with Crippen molar-refractivity contribution in [1.29, 1.82) is 0 Å². The first-order chi connectivity index (χ1) is 12.6. The normalized spacial score (nSPS) is 10.0. The molecule has 2 N–H and O–H groups in total. The van der Waals surface area contributed by atoms with Crippen LogP contribution in [0.1, 0.15) is 28.9 Å². The summed E-state index contributed by atoms with van der Waals surface area (Å²) in [5.41, 5.74) is 1.12. The maximum absolute atomic E-state index is 12.3. The fourth-order valence-electron chi connectivity index (χ4n) is 2.16. The number of benzene rings is 1. The van der Waals surface area contributed by atoms with E-state index in [1.165, 1.54) is 19.5 Å². The van der Waals surface area contributed by atoms with Crippen LogP contribution in [0.2, 0.25) is 0 Å². The second-order valence-electron chi connectivity index (χ2n) is 5.37. The number of aromatic nitrogens is 2. The van der Waals surface area contributed by atoms with Crippen LogP contribution in [0.15, 0.2) is 42.7 Å². The van der Waals surface area contributed by atoms with Crippen LogP contribution < -0.4 is 10.6 Å². The number of rotatable bonds is 8. The van der Waals surface area contributed by atoms with Gasteiger partial charge in [0.1, 0.15) is 0 Å². The lowest BCUT2D eigenvalue weighted by Gasteiger charge is -2.09. The third-order valence-electron chi connectivity index (χ3n) is 3.50. The summed E-state index contributed by atoms with van der Waals surface area (Å²) in [6.07, 6.45) is 3.29. The molecule has 0 bridgehead atoms. The van der Waals surface area contributed by atoms with Crippen LogP contribution in [-0.4, -0.2) is 41.4 Å². The molecule has 0 saturated carbocycles. The van der Waals surface area contributed by atoms with E-state index in [1.807, 2.05) is 30.3 Å². The second-order valence-corrected chi connectivity index (χ2v) is 5.37. The van der Waals surface area contributed by atoms with Crippen molar-refractivity contribution in [2.75, 3.05) is 19.0 Å². The summed E-state index contributed by atoms with van der Waals surface area (Å²) in [7, 11) is 1.25. The van der Waals surface area contributed by atoms with Crippen LogP contribution in [0.25, 0.3) is 0 Å². The number of hydrogen-bond donors (Lipinski definition) is 2. The number of hydrogen-bond acceptors (Lipinski definition) is 6. The molecule has 8 heteroatoms. The molecule has 2 rings (SSSR count). The minimum atomic E-state index is -0.488. The summed E-state index contributed by atoms with van der Waals surface area (Å²) in [6, 6.07) is 9.74. The van der Waals surface area contributed by atoms with Gasteiger partial charge >= 0.3 is 5.97 Å². The van der Waals surface area contributed by atoms with Gasteiger partial charge in [0.15, 0.2) is 11.5 Å². The van der Waals surface area contributed by atoms with Gasteiger partial charge in [-0.05, 0) is 12.0 Å². The monoisotopic (exact) mass is 356 g/mol. The van der Waals surface area contributed by atoms with Crippen molar-refractivity contribution in [3.63, 3.8) is 0 Å². The molecule has 0 fully saturated rings. The maximum atomic E-state index is 12.3. The van der Waals surface area contributed by atoms with Crippen molar-refractivity contribution in [3.05, 3.63) is 54.0 Å². The van der Waals surface area contributed by atoms with E-state index in [2.05, 4.69) is 25.3 Å². The fraction of sp³-hybridized carbons (Fsp3) is 0.278. The van der Waals surface area contributed by atoms with Gasteiger partial charge in [-0.15, -0.1) is 0 Å². The van der Waals surface area contributed by atoms with Crippen molar-refractivity contribution >= 4 is 23.6 Å². The Hall–Kier alpha value is -3.29. The second kappa shape index (κ2) is 9.87. The Morgan fingerprint density at radius 3 is 2.50 bits per heavy atom. The van der Waals surface area contributed by atoms with E-state index < -0.39 is 17.8 Å². The summed E-state index contributed by atoms with van der Waals surface area (Å²) in [6.45, 7) is 0.426. The van der Waals surface area contributed by atoms with Crippen LogP contribution in [0.3, 0.4) is 0 Å². The number of nitrogens with zero attached hydrogens (tertiary/aromatic N) is 2. The van der Waals surface area contributed by atoms with Crippen LogP contribution in [0.5, 0.6) is 0 Å². The quantitative estimate of drug-likeness (QED) is 0.691. The minimum absolute atomic E-state index is 0.0204. The highest BCUT2D eigenvalue weighted by atomic mass is 16.5. The van der Waals surface area contributed by atoms with E-state index in [9.17, 15) is 14.4 Å². The smallest absolute Gasteiger partial charge is 0.306 e. The zero-order chi connectivity index (χ0) is 18.8. The zero-order valence-corrected chi connectivity index (χ0v) is 14.4. The predicted octanol–water partition coefficient (Wildman–Crippen LogP) is 1.34. The van der Waals surface area contributed by atoms with Gasteiger partial charge in [0.2, 0.25) is 5.91 Å². The highest BCUT2D eigenvalue weighted by molar-refractivity contribution is 6.01. The number of carbonyl (C=O) groups is 3. The molecule has 0 saturated heterocycles. The van der Waals surface area contributed by atoms with Crippen molar-refractivity contribution in [2.45, 2.75) is 19.3 Å². The first-order valence-corrected chi connectivity index (χ1v) is 8.10. The number of esters is 1. The summed E-state index contributed by atoms with van der Waals surface area (Å²) >= 11 is 0. The molecule has 1 heterocycles. The maximum Gasteiger partial charge on any atom is 0.306 e. The third-order valence-corrected chi connectivity index (χ3v) is 3.50. The highest BCUT2D eigenvalue weighted by Crippen LogP contribution is 2.09. The van der Waals surface area contributed by atoms with Gasteiger partial charge in [0.05, 0.1) is 13.5 Å². The Labute approximate surface area is 151 Å². The molecule has 8 nitrogen and oxygen atoms in total. The number of anilines is 1. The molecule has 26 heavy (non-hydrogen) atoms. The SMILES string of the molecule is COC(=O)CCC(=O)Nc1nccnc1C(=O)NCCc1ccccc1. The average molecular weight is 356 g/mol. The molecule has 0 aliphatic heterocycles. The first kappa shape index (κ1) is 19.0. The zero-order valence-electron chi connectivity index (χ0n) is 14.4. The molecule has 2 amide bonds. The summed E-state index contributed by atoms with van der Waals surface area (Å²) in [5.74, 6) is -1.32. The van der Waals surface area contributed by atoms with E-state index in [4.69, 9.17) is 0 Å². The molecule has 136 valence electrons. The molecule has 2 aromatic rings. The molecule has 0 radical (unpaired) electrons. The van der Waals surface area contributed by atoms with E-state index in [0.29, 0.717) is 13.0 Å². The molecule has 1 aromatic carbocycles. The molecule has 0 aliphatic rings. The molecule has 1 aromatic heterocycles. The van der Waals surface area contributed by atoms with Gasteiger partial charge in [0, 0.05) is 25.4 Å². The number of methoxy groups -OCH3 is 1. The molecule has 0 spiro atoms. The van der Waals surface area contributed by atoms with E-state index in [-0.39, 0.29) is 24.4 Å². The molecule has 0 aliphatic carbocycles. The lowest BCUT2D eigenvalue weighted by Crippen LogP contribution is -2.28. The van der Waals surface area contributed by atoms with Crippen LogP contribution >= 0.6 is 0 Å². The van der Waals surface area contributed by atoms with E-state index in [0.717, 1.165) is 5.56 Å². The Bertz CT molecular complexity index is 765. The van der Waals surface area contributed by atoms with Crippen molar-refractivity contribution < 1.29 is 19.1 Å². The van der Waals surface area contributed by atoms with Crippen molar-refractivity contribution in [2.24, 2.45) is 0 Å². The number of amides is 2. The number of nitrogens with one attached hydrogen (secondary N) is 2. The standard InChI is InChI=1S/C18H20N4O4/c1-26-15(24)8-7-14(23)22-17-16(19-11-12-20-17)18(25)21-10-9-13-5-3-2-4-6-13/h2-6,11-12H,7-10H2,1H3,(H,21,25)(H,20,22,23). The van der Waals surface area contributed by atoms with Crippen molar-refractivity contribution in [3.8, 4) is 0 Å². The fourth-order valence-corrected chi connectivity index (χ4v) is 2.16. The lowest BCUT2D eigenvalue weighted by molar-refractivity contribution is -0.141. The topological polar surface area (TPSA) is 110 Å². The average Bonchev–Trinajstić information content (AvgIpc) is 2.67. The van der Waals surface area contributed by atoms with Gasteiger partial charge in [-0.25, -0.2) is 9.97 Å². The third kappa shape index (κ3) is 5.97. The Kier molecular flexibility index (Phi) is 7.23. The summed E-state index contributed by atoms with van der Waals surface area (Å²) in [5, 5.41) is 5.25. The number of ether oxygens (including phenoxy) is 1. The first-order valence-electron chi connectivity index (χ1n) is 8.10. The Morgan fingerprint density at radius 1 is 1.04 bits per heavy atom. The van der Waals surface area contributed by atoms with Gasteiger partial charge < -0.3 is 15.4 Å². The van der Waals surface area contributed by atoms with E-state index >= 15 is 0 Å². The Morgan fingerprint density at radius 2 is 1.77 bits per heavy atom. The van der Waals surface area contributed by atoms with Gasteiger partial charge in [0.25, 0.3) is 5.91 Å². The van der Waals surface area contributed by atoms with Gasteiger partial charge in [-0.1, -0.05) is 30.3 Å². The molecule has 0 atom stereocenters. The Balaban J connectivity index is 1.91. The van der Waals surface area contributed by atoms with Crippen LogP contribution in [0, 0.1) is 0 Å². The van der Waals surface area contributed by atoms with Crippen LogP contribution in [0.4, 0.5) is 5.82 Å². The lowest BCUT2D eigenvalue weighted by atomic mass is 10.1. The summed E-state index contributed by atoms with van der Waals surface area (Å²) in [4.78, 5) is 43.3. The summed E-state index contributed by atoms with van der Waals surface area (Å²) < 4.78 is 4.48. The predicted molar refractivity (Wildman–Crippen MR) is 94.4 cm³/mol. The highest BCUT2D eigenvalue weighted by Gasteiger charge is 2.16. The van der Waals surface area contributed by atoms with Gasteiger partial charge in [-0.2, -0.15) is 0 Å². The van der Waals surface area contributed by atoms with Crippen LogP contribution in [-0.2, 0) is 20.7 Å². The minimum Gasteiger partial charge on any atom is -0.469 e. The van der Waals surface area contributed by atoms with Gasteiger partial charge in [-0.3, -0.25) is 14.4 Å². The van der Waals surface area contributed by atoms with Crippen molar-refractivity contribution in [1.82, 2.24) is 15.3 Å². The number of carbonyl (C=O) groups excluding carboxylic acids is 3. The molecular weight excluding hydrogens is 336 g/mol. The molecule has 0 unspecified atom stereocenters.